The molecule has 1 fully saturated rings. The van der Waals surface area contributed by atoms with Gasteiger partial charge in [0.25, 0.3) is 0 Å². The van der Waals surface area contributed by atoms with Crippen LogP contribution in [0.1, 0.15) is 24.0 Å². The molecule has 1 aliphatic rings. The van der Waals surface area contributed by atoms with Crippen LogP contribution in [0.3, 0.4) is 0 Å². The van der Waals surface area contributed by atoms with Gasteiger partial charge in [0.2, 0.25) is 5.91 Å². The van der Waals surface area contributed by atoms with E-state index in [1.54, 1.807) is 6.07 Å². The number of rotatable bonds is 4. The highest BCUT2D eigenvalue weighted by Crippen LogP contribution is 2.34. The summed E-state index contributed by atoms with van der Waals surface area (Å²) in [6.07, 6.45) is 1.24. The van der Waals surface area contributed by atoms with E-state index in [1.807, 2.05) is 24.3 Å². The molecule has 0 atom stereocenters. The second-order valence-electron chi connectivity index (χ2n) is 6.13. The number of hydrogen-bond donors (Lipinski definition) is 1. The molecule has 132 valence electrons. The SMILES string of the molecule is O=C(Cc1c(F)cccc1Cl)NC1(c2cccc(Br)c2)CCOCC1. The molecule has 6 heteroatoms. The second kappa shape index (κ2) is 7.85. The molecule has 0 saturated carbocycles. The third-order valence-electron chi connectivity index (χ3n) is 4.50. The van der Waals surface area contributed by atoms with E-state index >= 15 is 0 Å². The molecule has 0 radical (unpaired) electrons. The van der Waals surface area contributed by atoms with Gasteiger partial charge in [-0.05, 0) is 42.7 Å². The predicted octanol–water partition coefficient (Wildman–Crippen LogP) is 4.61. The summed E-state index contributed by atoms with van der Waals surface area (Å²) in [6.45, 7) is 1.13. The van der Waals surface area contributed by atoms with Gasteiger partial charge in [0, 0.05) is 28.3 Å². The normalized spacial score (nSPS) is 16.4. The lowest BCUT2D eigenvalue weighted by atomic mass is 9.82. The maximum atomic E-state index is 14.0. The summed E-state index contributed by atoms with van der Waals surface area (Å²) in [5.74, 6) is -0.722. The molecular weight excluding hydrogens is 409 g/mol. The summed E-state index contributed by atoms with van der Waals surface area (Å²) in [5.41, 5.74) is 0.716. The summed E-state index contributed by atoms with van der Waals surface area (Å²) in [5, 5.41) is 3.38. The molecule has 1 N–H and O–H groups in total. The Morgan fingerprint density at radius 3 is 2.64 bits per heavy atom. The number of amides is 1. The number of carbonyl (C=O) groups excluding carboxylic acids is 1. The van der Waals surface area contributed by atoms with Gasteiger partial charge in [-0.15, -0.1) is 0 Å². The minimum atomic E-state index is -0.517. The second-order valence-corrected chi connectivity index (χ2v) is 7.45. The van der Waals surface area contributed by atoms with Gasteiger partial charge in [0.05, 0.1) is 12.0 Å². The molecule has 0 spiro atoms. The van der Waals surface area contributed by atoms with Crippen molar-refractivity contribution in [3.63, 3.8) is 0 Å². The summed E-state index contributed by atoms with van der Waals surface area (Å²) < 4.78 is 20.4. The summed E-state index contributed by atoms with van der Waals surface area (Å²) in [4.78, 5) is 12.7. The third kappa shape index (κ3) is 4.22. The number of hydrogen-bond acceptors (Lipinski definition) is 2. The van der Waals surface area contributed by atoms with Crippen LogP contribution in [0.15, 0.2) is 46.9 Å². The zero-order valence-electron chi connectivity index (χ0n) is 13.5. The fraction of sp³-hybridized carbons (Fsp3) is 0.316. The van der Waals surface area contributed by atoms with Crippen molar-refractivity contribution in [2.75, 3.05) is 13.2 Å². The van der Waals surface area contributed by atoms with Crippen molar-refractivity contribution in [1.82, 2.24) is 5.32 Å². The molecule has 2 aromatic carbocycles. The minimum Gasteiger partial charge on any atom is -0.381 e. The summed E-state index contributed by atoms with van der Waals surface area (Å²) >= 11 is 9.52. The van der Waals surface area contributed by atoms with E-state index in [2.05, 4.69) is 21.2 Å². The molecule has 0 aromatic heterocycles. The standard InChI is InChI=1S/C19H18BrClFNO2/c20-14-4-1-3-13(11-14)19(7-9-25-10-8-19)23-18(24)12-15-16(21)5-2-6-17(15)22/h1-6,11H,7-10,12H2,(H,23,24). The molecule has 0 unspecified atom stereocenters. The average Bonchev–Trinajstić information content (AvgIpc) is 2.59. The monoisotopic (exact) mass is 425 g/mol. The van der Waals surface area contributed by atoms with Gasteiger partial charge in [0.15, 0.2) is 0 Å². The fourth-order valence-corrected chi connectivity index (χ4v) is 3.79. The Kier molecular flexibility index (Phi) is 5.77. The Bertz CT molecular complexity index is 758. The maximum absolute atomic E-state index is 14.0. The first-order chi connectivity index (χ1) is 12.0. The van der Waals surface area contributed by atoms with Crippen molar-refractivity contribution in [1.29, 1.82) is 0 Å². The van der Waals surface area contributed by atoms with Crippen LogP contribution in [0.5, 0.6) is 0 Å². The van der Waals surface area contributed by atoms with E-state index in [4.69, 9.17) is 16.3 Å². The molecule has 1 heterocycles. The van der Waals surface area contributed by atoms with Crippen molar-refractivity contribution in [2.45, 2.75) is 24.8 Å². The van der Waals surface area contributed by atoms with E-state index in [-0.39, 0.29) is 22.9 Å². The number of benzene rings is 2. The van der Waals surface area contributed by atoms with Crippen molar-refractivity contribution in [3.8, 4) is 0 Å². The first-order valence-electron chi connectivity index (χ1n) is 8.08. The molecule has 1 aliphatic heterocycles. The van der Waals surface area contributed by atoms with Crippen LogP contribution < -0.4 is 5.32 Å². The summed E-state index contributed by atoms with van der Waals surface area (Å²) in [7, 11) is 0. The first kappa shape index (κ1) is 18.4. The van der Waals surface area contributed by atoms with Crippen LogP contribution in [0.2, 0.25) is 5.02 Å². The van der Waals surface area contributed by atoms with Crippen LogP contribution in [0, 0.1) is 5.82 Å². The Hall–Kier alpha value is -1.43. The van der Waals surface area contributed by atoms with E-state index in [9.17, 15) is 9.18 Å². The molecule has 3 nitrogen and oxygen atoms in total. The lowest BCUT2D eigenvalue weighted by Crippen LogP contribution is -2.50. The molecule has 0 bridgehead atoms. The quantitative estimate of drug-likeness (QED) is 0.775. The lowest BCUT2D eigenvalue weighted by molar-refractivity contribution is -0.123. The van der Waals surface area contributed by atoms with Crippen molar-refractivity contribution in [3.05, 3.63) is 68.9 Å². The lowest BCUT2D eigenvalue weighted by Gasteiger charge is -2.38. The van der Waals surface area contributed by atoms with Gasteiger partial charge in [0.1, 0.15) is 5.82 Å². The molecule has 1 amide bonds. The fourth-order valence-electron chi connectivity index (χ4n) is 3.16. The van der Waals surface area contributed by atoms with Gasteiger partial charge in [-0.3, -0.25) is 4.79 Å². The number of ether oxygens (including phenoxy) is 1. The Labute approximate surface area is 159 Å². The van der Waals surface area contributed by atoms with Crippen LogP contribution in [0.4, 0.5) is 4.39 Å². The number of halogens is 3. The molecule has 3 rings (SSSR count). The van der Waals surface area contributed by atoms with E-state index in [1.165, 1.54) is 12.1 Å². The molecular formula is C19H18BrClFNO2. The van der Waals surface area contributed by atoms with Gasteiger partial charge in [-0.2, -0.15) is 0 Å². The highest BCUT2D eigenvalue weighted by Gasteiger charge is 2.36. The van der Waals surface area contributed by atoms with Gasteiger partial charge in [-0.25, -0.2) is 4.39 Å². The number of nitrogens with one attached hydrogen (secondary N) is 1. The molecule has 2 aromatic rings. The van der Waals surface area contributed by atoms with Gasteiger partial charge >= 0.3 is 0 Å². The average molecular weight is 427 g/mol. The van der Waals surface area contributed by atoms with E-state index in [0.29, 0.717) is 26.1 Å². The van der Waals surface area contributed by atoms with Crippen LogP contribution in [-0.4, -0.2) is 19.1 Å². The van der Waals surface area contributed by atoms with Crippen LogP contribution >= 0.6 is 27.5 Å². The Morgan fingerprint density at radius 1 is 1.24 bits per heavy atom. The predicted molar refractivity (Wildman–Crippen MR) is 99.1 cm³/mol. The first-order valence-corrected chi connectivity index (χ1v) is 9.25. The topological polar surface area (TPSA) is 38.3 Å². The van der Waals surface area contributed by atoms with Crippen molar-refractivity contribution in [2.24, 2.45) is 0 Å². The van der Waals surface area contributed by atoms with E-state index in [0.717, 1.165) is 10.0 Å². The van der Waals surface area contributed by atoms with Gasteiger partial charge in [-0.1, -0.05) is 45.7 Å². The highest BCUT2D eigenvalue weighted by atomic mass is 79.9. The van der Waals surface area contributed by atoms with E-state index < -0.39 is 11.4 Å². The summed E-state index contributed by atoms with van der Waals surface area (Å²) in [6, 6.07) is 12.3. The zero-order valence-corrected chi connectivity index (χ0v) is 15.9. The molecule has 25 heavy (non-hydrogen) atoms. The molecule has 0 aliphatic carbocycles. The Morgan fingerprint density at radius 2 is 1.96 bits per heavy atom. The zero-order chi connectivity index (χ0) is 17.9. The largest absolute Gasteiger partial charge is 0.381 e. The van der Waals surface area contributed by atoms with Crippen molar-refractivity contribution < 1.29 is 13.9 Å². The maximum Gasteiger partial charge on any atom is 0.225 e. The highest BCUT2D eigenvalue weighted by molar-refractivity contribution is 9.10. The van der Waals surface area contributed by atoms with Crippen LogP contribution in [0.25, 0.3) is 0 Å². The van der Waals surface area contributed by atoms with Crippen LogP contribution in [-0.2, 0) is 21.5 Å². The van der Waals surface area contributed by atoms with Gasteiger partial charge < -0.3 is 10.1 Å². The Balaban J connectivity index is 1.84. The smallest absolute Gasteiger partial charge is 0.225 e. The number of carbonyl (C=O) groups is 1. The minimum absolute atomic E-state index is 0.0951. The van der Waals surface area contributed by atoms with Crippen molar-refractivity contribution >= 4 is 33.4 Å². The molecule has 1 saturated heterocycles. The third-order valence-corrected chi connectivity index (χ3v) is 5.35.